The second kappa shape index (κ2) is 10.2. The summed E-state index contributed by atoms with van der Waals surface area (Å²) in [5.74, 6) is -1.85. The SMILES string of the molecule is CC(=O)Nc1cccc(C(=O)O[C@@H](C)C(=O)N(C)CC(=O)Nc2ccc(C)cc2)c1. The lowest BCUT2D eigenvalue weighted by atomic mass is 10.2. The Kier molecular flexibility index (Phi) is 7.69. The molecule has 2 aromatic rings. The molecule has 0 saturated heterocycles. The molecule has 8 nitrogen and oxygen atoms in total. The summed E-state index contributed by atoms with van der Waals surface area (Å²) in [4.78, 5) is 49.3. The Morgan fingerprint density at radius 3 is 2.30 bits per heavy atom. The van der Waals surface area contributed by atoms with Crippen LogP contribution >= 0.6 is 0 Å². The third kappa shape index (κ3) is 6.73. The molecule has 8 heteroatoms. The second-order valence-corrected chi connectivity index (χ2v) is 6.92. The largest absolute Gasteiger partial charge is 0.449 e. The van der Waals surface area contributed by atoms with Crippen LogP contribution in [0.15, 0.2) is 48.5 Å². The summed E-state index contributed by atoms with van der Waals surface area (Å²) < 4.78 is 5.22. The summed E-state index contributed by atoms with van der Waals surface area (Å²) in [6.45, 7) is 4.55. The van der Waals surface area contributed by atoms with E-state index in [1.807, 2.05) is 19.1 Å². The summed E-state index contributed by atoms with van der Waals surface area (Å²) >= 11 is 0. The second-order valence-electron chi connectivity index (χ2n) is 6.92. The predicted octanol–water partition coefficient (Wildman–Crippen LogP) is 2.60. The fourth-order valence-corrected chi connectivity index (χ4v) is 2.65. The lowest BCUT2D eigenvalue weighted by molar-refractivity contribution is -0.140. The summed E-state index contributed by atoms with van der Waals surface area (Å²) in [5.41, 5.74) is 2.34. The maximum absolute atomic E-state index is 12.5. The molecule has 0 bridgehead atoms. The maximum atomic E-state index is 12.5. The summed E-state index contributed by atoms with van der Waals surface area (Å²) in [7, 11) is 1.46. The van der Waals surface area contributed by atoms with Crippen LogP contribution in [0.25, 0.3) is 0 Å². The molecule has 0 aliphatic heterocycles. The zero-order chi connectivity index (χ0) is 22.3. The van der Waals surface area contributed by atoms with Gasteiger partial charge < -0.3 is 20.3 Å². The number of ether oxygens (including phenoxy) is 1. The van der Waals surface area contributed by atoms with Gasteiger partial charge in [0.05, 0.1) is 12.1 Å². The monoisotopic (exact) mass is 411 g/mol. The first-order valence-corrected chi connectivity index (χ1v) is 9.36. The number of likely N-dealkylation sites (N-methyl/N-ethyl adjacent to an activating group) is 1. The van der Waals surface area contributed by atoms with Gasteiger partial charge in [-0.2, -0.15) is 0 Å². The number of carbonyl (C=O) groups excluding carboxylic acids is 4. The topological polar surface area (TPSA) is 105 Å². The van der Waals surface area contributed by atoms with E-state index in [1.165, 1.54) is 37.9 Å². The molecule has 0 radical (unpaired) electrons. The van der Waals surface area contributed by atoms with Crippen molar-refractivity contribution in [2.24, 2.45) is 0 Å². The first-order valence-electron chi connectivity index (χ1n) is 9.36. The highest BCUT2D eigenvalue weighted by Gasteiger charge is 2.23. The lowest BCUT2D eigenvalue weighted by Gasteiger charge is -2.21. The van der Waals surface area contributed by atoms with Crippen LogP contribution in [0.3, 0.4) is 0 Å². The number of rotatable bonds is 7. The Labute approximate surface area is 175 Å². The van der Waals surface area contributed by atoms with Crippen molar-refractivity contribution >= 4 is 35.1 Å². The Balaban J connectivity index is 1.91. The average Bonchev–Trinajstić information content (AvgIpc) is 2.68. The van der Waals surface area contributed by atoms with Gasteiger partial charge in [0, 0.05) is 25.3 Å². The zero-order valence-electron chi connectivity index (χ0n) is 17.4. The molecule has 0 spiro atoms. The van der Waals surface area contributed by atoms with Gasteiger partial charge in [0.15, 0.2) is 6.10 Å². The number of nitrogens with one attached hydrogen (secondary N) is 2. The molecule has 30 heavy (non-hydrogen) atoms. The van der Waals surface area contributed by atoms with E-state index < -0.39 is 18.0 Å². The van der Waals surface area contributed by atoms with Gasteiger partial charge in [0.1, 0.15) is 0 Å². The standard InChI is InChI=1S/C22H25N3O5/c1-14-8-10-18(11-9-14)24-20(27)13-25(4)21(28)15(2)30-22(29)17-6-5-7-19(12-17)23-16(3)26/h5-12,15H,13H2,1-4H3,(H,23,26)(H,24,27)/t15-/m0/s1. The number of hydrogen-bond acceptors (Lipinski definition) is 5. The molecule has 2 rings (SSSR count). The highest BCUT2D eigenvalue weighted by molar-refractivity contribution is 5.97. The van der Waals surface area contributed by atoms with Gasteiger partial charge >= 0.3 is 5.97 Å². The Morgan fingerprint density at radius 2 is 1.67 bits per heavy atom. The molecule has 2 N–H and O–H groups in total. The van der Waals surface area contributed by atoms with Crippen molar-refractivity contribution < 1.29 is 23.9 Å². The van der Waals surface area contributed by atoms with Gasteiger partial charge in [-0.3, -0.25) is 14.4 Å². The van der Waals surface area contributed by atoms with Gasteiger partial charge in [-0.05, 0) is 44.2 Å². The number of amides is 3. The van der Waals surface area contributed by atoms with E-state index in [1.54, 1.807) is 24.3 Å². The van der Waals surface area contributed by atoms with Crippen LogP contribution in [0, 0.1) is 6.92 Å². The molecule has 0 fully saturated rings. The van der Waals surface area contributed by atoms with Crippen LogP contribution in [0.2, 0.25) is 0 Å². The fourth-order valence-electron chi connectivity index (χ4n) is 2.65. The number of nitrogens with zero attached hydrogens (tertiary/aromatic N) is 1. The molecule has 0 aliphatic rings. The van der Waals surface area contributed by atoms with Crippen molar-refractivity contribution in [1.29, 1.82) is 0 Å². The highest BCUT2D eigenvalue weighted by Crippen LogP contribution is 2.13. The van der Waals surface area contributed by atoms with E-state index in [2.05, 4.69) is 10.6 Å². The predicted molar refractivity (Wildman–Crippen MR) is 113 cm³/mol. The van der Waals surface area contributed by atoms with E-state index in [9.17, 15) is 19.2 Å². The number of carbonyl (C=O) groups is 4. The Bertz CT molecular complexity index is 940. The van der Waals surface area contributed by atoms with Crippen molar-refractivity contribution in [2.75, 3.05) is 24.2 Å². The average molecular weight is 411 g/mol. The maximum Gasteiger partial charge on any atom is 0.338 e. The van der Waals surface area contributed by atoms with E-state index >= 15 is 0 Å². The van der Waals surface area contributed by atoms with Crippen molar-refractivity contribution in [3.63, 3.8) is 0 Å². The van der Waals surface area contributed by atoms with Crippen LogP contribution in [-0.2, 0) is 19.1 Å². The summed E-state index contributed by atoms with van der Waals surface area (Å²) in [5, 5.41) is 5.28. The van der Waals surface area contributed by atoms with Gasteiger partial charge in [-0.15, -0.1) is 0 Å². The summed E-state index contributed by atoms with van der Waals surface area (Å²) in [6, 6.07) is 13.5. The molecule has 2 aromatic carbocycles. The molecule has 0 aromatic heterocycles. The number of anilines is 2. The van der Waals surface area contributed by atoms with Crippen molar-refractivity contribution in [3.8, 4) is 0 Å². The third-order valence-corrected chi connectivity index (χ3v) is 4.14. The van der Waals surface area contributed by atoms with Gasteiger partial charge in [0.25, 0.3) is 5.91 Å². The summed E-state index contributed by atoms with van der Waals surface area (Å²) in [6.07, 6.45) is -1.08. The van der Waals surface area contributed by atoms with E-state index in [0.717, 1.165) is 5.56 Å². The fraction of sp³-hybridized carbons (Fsp3) is 0.273. The van der Waals surface area contributed by atoms with Crippen LogP contribution in [-0.4, -0.2) is 48.3 Å². The van der Waals surface area contributed by atoms with Crippen LogP contribution < -0.4 is 10.6 Å². The minimum Gasteiger partial charge on any atom is -0.449 e. The molecular formula is C22H25N3O5. The third-order valence-electron chi connectivity index (χ3n) is 4.14. The molecule has 1 atom stereocenters. The van der Waals surface area contributed by atoms with Crippen LogP contribution in [0.1, 0.15) is 29.8 Å². The Hall–Kier alpha value is -3.68. The molecular weight excluding hydrogens is 386 g/mol. The molecule has 0 saturated carbocycles. The quantitative estimate of drug-likeness (QED) is 0.682. The lowest BCUT2D eigenvalue weighted by Crippen LogP contribution is -2.41. The molecule has 0 unspecified atom stereocenters. The molecule has 0 heterocycles. The molecule has 3 amide bonds. The highest BCUT2D eigenvalue weighted by atomic mass is 16.5. The first kappa shape index (κ1) is 22.6. The molecule has 0 aliphatic carbocycles. The minimum atomic E-state index is -1.08. The first-order chi connectivity index (χ1) is 14.2. The Morgan fingerprint density at radius 1 is 1.00 bits per heavy atom. The van der Waals surface area contributed by atoms with E-state index in [4.69, 9.17) is 4.74 Å². The van der Waals surface area contributed by atoms with E-state index in [0.29, 0.717) is 11.4 Å². The smallest absolute Gasteiger partial charge is 0.338 e. The zero-order valence-corrected chi connectivity index (χ0v) is 17.4. The van der Waals surface area contributed by atoms with Crippen molar-refractivity contribution in [1.82, 2.24) is 4.90 Å². The minimum absolute atomic E-state index is 0.188. The van der Waals surface area contributed by atoms with E-state index in [-0.39, 0.29) is 23.9 Å². The number of aryl methyl sites for hydroxylation is 1. The number of benzene rings is 2. The number of esters is 1. The van der Waals surface area contributed by atoms with Gasteiger partial charge in [-0.25, -0.2) is 4.79 Å². The van der Waals surface area contributed by atoms with Crippen molar-refractivity contribution in [2.45, 2.75) is 26.9 Å². The van der Waals surface area contributed by atoms with Crippen molar-refractivity contribution in [3.05, 3.63) is 59.7 Å². The van der Waals surface area contributed by atoms with Crippen LogP contribution in [0.4, 0.5) is 11.4 Å². The van der Waals surface area contributed by atoms with Gasteiger partial charge in [-0.1, -0.05) is 23.8 Å². The normalized spacial score (nSPS) is 11.2. The van der Waals surface area contributed by atoms with Crippen LogP contribution in [0.5, 0.6) is 0 Å². The van der Waals surface area contributed by atoms with Gasteiger partial charge in [0.2, 0.25) is 11.8 Å². The number of hydrogen-bond donors (Lipinski definition) is 2. The molecule has 158 valence electrons.